The zero-order valence-corrected chi connectivity index (χ0v) is 13.6. The Kier molecular flexibility index (Phi) is 5.11. The summed E-state index contributed by atoms with van der Waals surface area (Å²) < 4.78 is 5.99. The fourth-order valence-electron chi connectivity index (χ4n) is 2.57. The van der Waals surface area contributed by atoms with Crippen molar-refractivity contribution in [3.05, 3.63) is 84.4 Å². The molecule has 0 aliphatic rings. The number of nitrogens with two attached hydrogens (primary N) is 1. The van der Waals surface area contributed by atoms with E-state index in [0.29, 0.717) is 6.42 Å². The summed E-state index contributed by atoms with van der Waals surface area (Å²) in [5.74, 6) is 0.549. The molecule has 0 aliphatic carbocycles. The van der Waals surface area contributed by atoms with Crippen molar-refractivity contribution in [2.45, 2.75) is 12.5 Å². The topological polar surface area (TPSA) is 72.5 Å². The van der Waals surface area contributed by atoms with Crippen molar-refractivity contribution in [3.8, 4) is 22.6 Å². The molecule has 0 spiro atoms. The van der Waals surface area contributed by atoms with Crippen LogP contribution in [0.4, 0.5) is 0 Å². The molecular formula is C21H19NO3. The Labute approximate surface area is 146 Å². The Bertz CT molecular complexity index is 845. The number of ether oxygens (including phenoxy) is 1. The summed E-state index contributed by atoms with van der Waals surface area (Å²) in [5, 5.41) is 8.91. The molecule has 3 aromatic carbocycles. The number of carboxylic acids is 1. The lowest BCUT2D eigenvalue weighted by Crippen LogP contribution is -2.32. The maximum Gasteiger partial charge on any atom is 0.320 e. The third-order valence-electron chi connectivity index (χ3n) is 3.90. The van der Waals surface area contributed by atoms with E-state index >= 15 is 0 Å². The van der Waals surface area contributed by atoms with Crippen LogP contribution in [0.25, 0.3) is 11.1 Å². The van der Waals surface area contributed by atoms with Gasteiger partial charge in [-0.15, -0.1) is 0 Å². The minimum Gasteiger partial charge on any atom is -0.480 e. The first-order valence-corrected chi connectivity index (χ1v) is 8.03. The molecule has 0 aliphatic heterocycles. The summed E-state index contributed by atoms with van der Waals surface area (Å²) >= 11 is 0. The van der Waals surface area contributed by atoms with Crippen molar-refractivity contribution < 1.29 is 14.6 Å². The van der Waals surface area contributed by atoms with E-state index in [1.54, 1.807) is 0 Å². The van der Waals surface area contributed by atoms with Crippen LogP contribution in [0, 0.1) is 0 Å². The highest BCUT2D eigenvalue weighted by atomic mass is 16.5. The second-order valence-corrected chi connectivity index (χ2v) is 5.76. The second kappa shape index (κ2) is 7.64. The van der Waals surface area contributed by atoms with Crippen molar-refractivity contribution in [2.24, 2.45) is 5.73 Å². The van der Waals surface area contributed by atoms with E-state index in [1.807, 2.05) is 78.9 Å². The van der Waals surface area contributed by atoms with Crippen molar-refractivity contribution in [3.63, 3.8) is 0 Å². The van der Waals surface area contributed by atoms with Crippen LogP contribution in [-0.4, -0.2) is 17.1 Å². The molecular weight excluding hydrogens is 314 g/mol. The van der Waals surface area contributed by atoms with Gasteiger partial charge in [0.15, 0.2) is 0 Å². The van der Waals surface area contributed by atoms with Gasteiger partial charge in [0, 0.05) is 5.56 Å². The lowest BCUT2D eigenvalue weighted by atomic mass is 10.0. The number of rotatable bonds is 6. The molecule has 0 radical (unpaired) electrons. The van der Waals surface area contributed by atoms with Crippen molar-refractivity contribution in [1.29, 1.82) is 0 Å². The summed E-state index contributed by atoms with van der Waals surface area (Å²) in [6, 6.07) is 24.3. The summed E-state index contributed by atoms with van der Waals surface area (Å²) in [4.78, 5) is 10.9. The summed E-state index contributed by atoms with van der Waals surface area (Å²) in [6.45, 7) is 0. The molecule has 3 rings (SSSR count). The quantitative estimate of drug-likeness (QED) is 0.712. The SMILES string of the molecule is NC(Cc1ccc(-c2ccccc2Oc2ccccc2)cc1)C(=O)O. The lowest BCUT2D eigenvalue weighted by molar-refractivity contribution is -0.138. The number of hydrogen-bond acceptors (Lipinski definition) is 3. The number of carboxylic acid groups (broad SMARTS) is 1. The molecule has 3 aromatic rings. The van der Waals surface area contributed by atoms with Crippen LogP contribution in [0.1, 0.15) is 5.56 Å². The van der Waals surface area contributed by atoms with E-state index in [0.717, 1.165) is 28.2 Å². The highest BCUT2D eigenvalue weighted by Crippen LogP contribution is 2.33. The third-order valence-corrected chi connectivity index (χ3v) is 3.90. The number of benzene rings is 3. The van der Waals surface area contributed by atoms with Crippen LogP contribution in [0.5, 0.6) is 11.5 Å². The number of aliphatic carboxylic acids is 1. The van der Waals surface area contributed by atoms with Gasteiger partial charge in [0.2, 0.25) is 0 Å². The van der Waals surface area contributed by atoms with Gasteiger partial charge >= 0.3 is 5.97 Å². The van der Waals surface area contributed by atoms with Gasteiger partial charge in [-0.05, 0) is 35.7 Å². The Morgan fingerprint density at radius 3 is 2.24 bits per heavy atom. The molecule has 4 nitrogen and oxygen atoms in total. The molecule has 0 fully saturated rings. The first-order chi connectivity index (χ1) is 12.1. The van der Waals surface area contributed by atoms with E-state index in [4.69, 9.17) is 15.6 Å². The predicted octanol–water partition coefficient (Wildman–Crippen LogP) is 4.10. The summed E-state index contributed by atoms with van der Waals surface area (Å²) in [5.41, 5.74) is 8.45. The third kappa shape index (κ3) is 4.25. The summed E-state index contributed by atoms with van der Waals surface area (Å²) in [7, 11) is 0. The Morgan fingerprint density at radius 1 is 0.920 bits per heavy atom. The molecule has 0 aromatic heterocycles. The Balaban J connectivity index is 1.83. The second-order valence-electron chi connectivity index (χ2n) is 5.76. The first-order valence-electron chi connectivity index (χ1n) is 8.03. The molecule has 1 unspecified atom stereocenters. The first kappa shape index (κ1) is 16.7. The van der Waals surface area contributed by atoms with E-state index < -0.39 is 12.0 Å². The zero-order chi connectivity index (χ0) is 17.6. The number of carbonyl (C=O) groups is 1. The average Bonchev–Trinajstić information content (AvgIpc) is 2.64. The summed E-state index contributed by atoms with van der Waals surface area (Å²) in [6.07, 6.45) is 0.303. The molecule has 126 valence electrons. The van der Waals surface area contributed by atoms with Crippen molar-refractivity contribution in [1.82, 2.24) is 0 Å². The number of para-hydroxylation sites is 2. The molecule has 3 N–H and O–H groups in total. The highest BCUT2D eigenvalue weighted by Gasteiger charge is 2.12. The predicted molar refractivity (Wildman–Crippen MR) is 97.7 cm³/mol. The zero-order valence-electron chi connectivity index (χ0n) is 13.6. The fraction of sp³-hybridized carbons (Fsp3) is 0.0952. The smallest absolute Gasteiger partial charge is 0.320 e. The molecule has 1 atom stereocenters. The molecule has 0 saturated carbocycles. The minimum atomic E-state index is -0.995. The molecule has 0 bridgehead atoms. The standard InChI is InChI=1S/C21H19NO3/c22-19(21(23)24)14-15-10-12-16(13-11-15)18-8-4-5-9-20(18)25-17-6-2-1-3-7-17/h1-13,19H,14,22H2,(H,23,24). The molecule has 0 amide bonds. The highest BCUT2D eigenvalue weighted by molar-refractivity contribution is 5.74. The van der Waals surface area contributed by atoms with Crippen molar-refractivity contribution in [2.75, 3.05) is 0 Å². The van der Waals surface area contributed by atoms with Crippen molar-refractivity contribution >= 4 is 5.97 Å². The Hall–Kier alpha value is -3.11. The molecule has 0 saturated heterocycles. The van der Waals surface area contributed by atoms with E-state index in [2.05, 4.69) is 0 Å². The minimum absolute atomic E-state index is 0.303. The normalized spacial score (nSPS) is 11.7. The van der Waals surface area contributed by atoms with Crippen LogP contribution in [0.15, 0.2) is 78.9 Å². The van der Waals surface area contributed by atoms with E-state index in [1.165, 1.54) is 0 Å². The van der Waals surface area contributed by atoms with Crippen LogP contribution in [0.2, 0.25) is 0 Å². The van der Waals surface area contributed by atoms with Gasteiger partial charge in [0.1, 0.15) is 17.5 Å². The number of hydrogen-bond donors (Lipinski definition) is 2. The van der Waals surface area contributed by atoms with Crippen LogP contribution in [-0.2, 0) is 11.2 Å². The van der Waals surface area contributed by atoms with Crippen LogP contribution < -0.4 is 10.5 Å². The van der Waals surface area contributed by atoms with Gasteiger partial charge in [-0.1, -0.05) is 60.7 Å². The monoisotopic (exact) mass is 333 g/mol. The van der Waals surface area contributed by atoms with Gasteiger partial charge in [-0.2, -0.15) is 0 Å². The van der Waals surface area contributed by atoms with Gasteiger partial charge in [0.05, 0.1) is 0 Å². The van der Waals surface area contributed by atoms with Gasteiger partial charge in [0.25, 0.3) is 0 Å². The maximum absolute atomic E-state index is 10.9. The Morgan fingerprint density at radius 2 is 1.56 bits per heavy atom. The van der Waals surface area contributed by atoms with Crippen LogP contribution >= 0.6 is 0 Å². The van der Waals surface area contributed by atoms with Gasteiger partial charge < -0.3 is 15.6 Å². The van der Waals surface area contributed by atoms with Gasteiger partial charge in [-0.25, -0.2) is 0 Å². The van der Waals surface area contributed by atoms with Gasteiger partial charge in [-0.3, -0.25) is 4.79 Å². The molecule has 4 heteroatoms. The largest absolute Gasteiger partial charge is 0.480 e. The average molecular weight is 333 g/mol. The lowest BCUT2D eigenvalue weighted by Gasteiger charge is -2.12. The molecule has 25 heavy (non-hydrogen) atoms. The maximum atomic E-state index is 10.9. The fourth-order valence-corrected chi connectivity index (χ4v) is 2.57. The van der Waals surface area contributed by atoms with E-state index in [9.17, 15) is 4.79 Å². The molecule has 0 heterocycles. The van der Waals surface area contributed by atoms with Crippen LogP contribution in [0.3, 0.4) is 0 Å². The van der Waals surface area contributed by atoms with E-state index in [-0.39, 0.29) is 0 Å².